The van der Waals surface area contributed by atoms with Crippen LogP contribution in [0.1, 0.15) is 19.8 Å². The van der Waals surface area contributed by atoms with Crippen LogP contribution in [0, 0.1) is 0 Å². The van der Waals surface area contributed by atoms with Crippen molar-refractivity contribution < 1.29 is 0 Å². The van der Waals surface area contributed by atoms with Gasteiger partial charge in [0.15, 0.2) is 0 Å². The predicted molar refractivity (Wildman–Crippen MR) is 36.6 cm³/mol. The summed E-state index contributed by atoms with van der Waals surface area (Å²) in [5.41, 5.74) is 0. The molecule has 0 bridgehead atoms. The van der Waals surface area contributed by atoms with Gasteiger partial charge in [-0.25, -0.2) is 0 Å². The number of thiol groups is 1. The lowest BCUT2D eigenvalue weighted by atomic mass is 10.4. The minimum atomic E-state index is 0.405. The molecule has 6 heavy (non-hydrogen) atoms. The lowest BCUT2D eigenvalue weighted by molar-refractivity contribution is 0.879. The summed E-state index contributed by atoms with van der Waals surface area (Å²) >= 11 is 7.39. The second-order valence-electron chi connectivity index (χ2n) is 1.22. The third kappa shape index (κ3) is 4.83. The molecule has 0 aromatic heterocycles. The summed E-state index contributed by atoms with van der Waals surface area (Å²) in [7, 11) is 0. The largest absolute Gasteiger partial charge is 0.164 e. The van der Waals surface area contributed by atoms with Crippen LogP contribution in [-0.2, 0) is 0 Å². The molecule has 0 rings (SSSR count). The first-order valence-corrected chi connectivity index (χ1v) is 3.52. The van der Waals surface area contributed by atoms with Gasteiger partial charge in [-0.05, 0) is 6.42 Å². The van der Waals surface area contributed by atoms with E-state index in [2.05, 4.69) is 35.5 Å². The molecule has 0 spiro atoms. The normalized spacial score (nSPS) is 14.5. The van der Waals surface area contributed by atoms with Gasteiger partial charge in [-0.3, -0.25) is 0 Å². The number of hydrogen-bond acceptors (Lipinski definition) is 1. The fourth-order valence-electron chi connectivity index (χ4n) is 0.238. The molecule has 0 aromatic rings. The van der Waals surface area contributed by atoms with Crippen molar-refractivity contribution in [1.82, 2.24) is 0 Å². The van der Waals surface area contributed by atoms with E-state index in [0.717, 1.165) is 6.42 Å². The standard InChI is InChI=1S/C4H9BrS/c1-2-3-4(5)6/h4,6H,2-3H2,1H3. The summed E-state index contributed by atoms with van der Waals surface area (Å²) in [5.74, 6) is 0. The van der Waals surface area contributed by atoms with Crippen molar-refractivity contribution in [2.24, 2.45) is 0 Å². The maximum atomic E-state index is 4.09. The molecule has 0 nitrogen and oxygen atoms in total. The lowest BCUT2D eigenvalue weighted by Crippen LogP contribution is -1.80. The zero-order valence-electron chi connectivity index (χ0n) is 3.82. The van der Waals surface area contributed by atoms with Gasteiger partial charge in [0.05, 0.1) is 4.16 Å². The van der Waals surface area contributed by atoms with Gasteiger partial charge in [0.1, 0.15) is 0 Å². The molecule has 1 unspecified atom stereocenters. The molecular weight excluding hydrogens is 160 g/mol. The molecule has 0 aliphatic heterocycles. The lowest BCUT2D eigenvalue weighted by Gasteiger charge is -1.92. The molecule has 0 radical (unpaired) electrons. The molecule has 2 heteroatoms. The highest BCUT2D eigenvalue weighted by atomic mass is 79.9. The minimum absolute atomic E-state index is 0.405. The van der Waals surface area contributed by atoms with Gasteiger partial charge in [-0.1, -0.05) is 29.3 Å². The average molecular weight is 169 g/mol. The molecule has 0 aromatic carbocycles. The number of hydrogen-bond donors (Lipinski definition) is 1. The van der Waals surface area contributed by atoms with Gasteiger partial charge in [-0.2, -0.15) is 12.6 Å². The SMILES string of the molecule is CCCC(S)Br. The van der Waals surface area contributed by atoms with E-state index in [1.54, 1.807) is 0 Å². The Morgan fingerprint density at radius 1 is 1.83 bits per heavy atom. The summed E-state index contributed by atoms with van der Waals surface area (Å²) in [5, 5.41) is 0. The van der Waals surface area contributed by atoms with Crippen molar-refractivity contribution in [1.29, 1.82) is 0 Å². The topological polar surface area (TPSA) is 0 Å². The average Bonchev–Trinajstić information content (AvgIpc) is 1.35. The Kier molecular flexibility index (Phi) is 4.56. The van der Waals surface area contributed by atoms with Crippen LogP contribution in [0.15, 0.2) is 0 Å². The first-order chi connectivity index (χ1) is 2.77. The maximum absolute atomic E-state index is 4.09. The van der Waals surface area contributed by atoms with E-state index in [1.807, 2.05) is 0 Å². The summed E-state index contributed by atoms with van der Waals surface area (Å²) in [6, 6.07) is 0. The van der Waals surface area contributed by atoms with Crippen molar-refractivity contribution in [3.63, 3.8) is 0 Å². The monoisotopic (exact) mass is 168 g/mol. The molecule has 0 N–H and O–H groups in total. The molecule has 0 fully saturated rings. The molecular formula is C4H9BrS. The second kappa shape index (κ2) is 4.00. The van der Waals surface area contributed by atoms with Crippen molar-refractivity contribution >= 4 is 28.6 Å². The summed E-state index contributed by atoms with van der Waals surface area (Å²) in [4.78, 5) is 0. The van der Waals surface area contributed by atoms with E-state index in [9.17, 15) is 0 Å². The van der Waals surface area contributed by atoms with Gasteiger partial charge >= 0.3 is 0 Å². The maximum Gasteiger partial charge on any atom is 0.0570 e. The molecule has 0 amide bonds. The Hall–Kier alpha value is 0.830. The fourth-order valence-corrected chi connectivity index (χ4v) is 0.954. The Labute approximate surface area is 52.9 Å². The van der Waals surface area contributed by atoms with Crippen molar-refractivity contribution in [3.05, 3.63) is 0 Å². The third-order valence-electron chi connectivity index (χ3n) is 0.527. The van der Waals surface area contributed by atoms with E-state index in [0.29, 0.717) is 4.16 Å². The molecule has 38 valence electrons. The first-order valence-electron chi connectivity index (χ1n) is 2.09. The zero-order chi connectivity index (χ0) is 4.99. The van der Waals surface area contributed by atoms with Gasteiger partial charge in [0.2, 0.25) is 0 Å². The van der Waals surface area contributed by atoms with Gasteiger partial charge in [-0.15, -0.1) is 0 Å². The number of rotatable bonds is 2. The van der Waals surface area contributed by atoms with Crippen LogP contribution in [0.3, 0.4) is 0 Å². The van der Waals surface area contributed by atoms with E-state index >= 15 is 0 Å². The van der Waals surface area contributed by atoms with E-state index in [1.165, 1.54) is 6.42 Å². The van der Waals surface area contributed by atoms with Crippen molar-refractivity contribution in [3.8, 4) is 0 Å². The predicted octanol–water partition coefficient (Wildman–Crippen LogP) is 2.44. The van der Waals surface area contributed by atoms with E-state index < -0.39 is 0 Å². The third-order valence-corrected chi connectivity index (χ3v) is 1.24. The summed E-state index contributed by atoms with van der Waals surface area (Å²) < 4.78 is 0.405. The first kappa shape index (κ1) is 6.83. The smallest absolute Gasteiger partial charge is 0.0570 e. The van der Waals surface area contributed by atoms with Crippen molar-refractivity contribution in [2.45, 2.75) is 23.9 Å². The van der Waals surface area contributed by atoms with Crippen LogP contribution in [0.2, 0.25) is 0 Å². The van der Waals surface area contributed by atoms with Crippen molar-refractivity contribution in [2.75, 3.05) is 0 Å². The van der Waals surface area contributed by atoms with Crippen LogP contribution in [0.4, 0.5) is 0 Å². The van der Waals surface area contributed by atoms with Crippen LogP contribution >= 0.6 is 28.6 Å². The highest BCUT2D eigenvalue weighted by Gasteiger charge is 1.88. The number of halogens is 1. The van der Waals surface area contributed by atoms with Crippen LogP contribution in [0.5, 0.6) is 0 Å². The Morgan fingerprint density at radius 2 is 2.33 bits per heavy atom. The summed E-state index contributed by atoms with van der Waals surface area (Å²) in [6.07, 6.45) is 2.36. The van der Waals surface area contributed by atoms with Crippen LogP contribution in [0.25, 0.3) is 0 Å². The van der Waals surface area contributed by atoms with Gasteiger partial charge in [0, 0.05) is 0 Å². The Morgan fingerprint density at radius 3 is 2.33 bits per heavy atom. The highest BCUT2D eigenvalue weighted by Crippen LogP contribution is 2.09. The van der Waals surface area contributed by atoms with Gasteiger partial charge < -0.3 is 0 Å². The quantitative estimate of drug-likeness (QED) is 0.476. The van der Waals surface area contributed by atoms with E-state index in [-0.39, 0.29) is 0 Å². The second-order valence-corrected chi connectivity index (χ2v) is 3.66. The summed E-state index contributed by atoms with van der Waals surface area (Å²) in [6.45, 7) is 2.14. The molecule has 0 aliphatic rings. The van der Waals surface area contributed by atoms with Gasteiger partial charge in [0.25, 0.3) is 0 Å². The molecule has 0 saturated carbocycles. The molecule has 0 heterocycles. The molecule has 1 atom stereocenters. The molecule has 0 saturated heterocycles. The minimum Gasteiger partial charge on any atom is -0.164 e. The molecule has 0 aliphatic carbocycles. The number of alkyl halides is 1. The zero-order valence-corrected chi connectivity index (χ0v) is 6.30. The fraction of sp³-hybridized carbons (Fsp3) is 1.00. The van der Waals surface area contributed by atoms with Crippen LogP contribution in [-0.4, -0.2) is 4.16 Å². The Bertz CT molecular complexity index is 28.7. The van der Waals surface area contributed by atoms with E-state index in [4.69, 9.17) is 0 Å². The Balaban J connectivity index is 2.63. The van der Waals surface area contributed by atoms with Crippen LogP contribution < -0.4 is 0 Å². The highest BCUT2D eigenvalue weighted by molar-refractivity contribution is 9.11.